The second-order valence-corrected chi connectivity index (χ2v) is 5.15. The molecule has 0 aliphatic carbocycles. The van der Waals surface area contributed by atoms with Gasteiger partial charge >= 0.3 is 0 Å². The molecule has 0 N–H and O–H groups in total. The highest BCUT2D eigenvalue weighted by molar-refractivity contribution is 5.97. The number of carbonyl (C=O) groups is 1. The van der Waals surface area contributed by atoms with Gasteiger partial charge in [-0.1, -0.05) is 6.07 Å². The Hall–Kier alpha value is -3.00. The average molecular weight is 325 g/mol. The zero-order chi connectivity index (χ0) is 17.5. The molecule has 0 fully saturated rings. The van der Waals surface area contributed by atoms with Crippen molar-refractivity contribution in [1.29, 1.82) is 5.26 Å². The van der Waals surface area contributed by atoms with E-state index in [1.165, 1.54) is 7.11 Å². The van der Waals surface area contributed by atoms with E-state index in [-0.39, 0.29) is 12.2 Å². The molecule has 0 spiro atoms. The van der Waals surface area contributed by atoms with Gasteiger partial charge in [0, 0.05) is 23.6 Å². The lowest BCUT2D eigenvalue weighted by Gasteiger charge is -2.14. The molecule has 0 unspecified atom stereocenters. The number of benzene rings is 2. The highest BCUT2D eigenvalue weighted by Crippen LogP contribution is 2.32. The number of rotatable bonds is 7. The number of nitriles is 1. The van der Waals surface area contributed by atoms with Crippen LogP contribution in [-0.4, -0.2) is 27.1 Å². The van der Waals surface area contributed by atoms with E-state index >= 15 is 0 Å². The van der Waals surface area contributed by atoms with Crippen molar-refractivity contribution in [2.24, 2.45) is 0 Å². The lowest BCUT2D eigenvalue weighted by Crippen LogP contribution is -2.08. The van der Waals surface area contributed by atoms with Crippen LogP contribution in [0.25, 0.3) is 0 Å². The smallest absolute Gasteiger partial charge is 0.164 e. The van der Waals surface area contributed by atoms with Crippen molar-refractivity contribution >= 4 is 5.78 Å². The molecule has 0 amide bonds. The first-order chi connectivity index (χ1) is 11.6. The number of carbonyl (C=O) groups excluding carboxylic acids is 1. The van der Waals surface area contributed by atoms with Crippen LogP contribution in [0.15, 0.2) is 42.5 Å². The standard InChI is InChI=1S/C19H19NO4/c1-22-15-6-4-13(5-7-15)18(21)10-14(12-20)17-9-8-16(23-2)11-19(17)24-3/h4-9,11,14H,10H2,1-3H3/t14-/m1/s1. The second-order valence-electron chi connectivity index (χ2n) is 5.15. The minimum Gasteiger partial charge on any atom is -0.497 e. The summed E-state index contributed by atoms with van der Waals surface area (Å²) in [4.78, 5) is 12.5. The highest BCUT2D eigenvalue weighted by atomic mass is 16.5. The zero-order valence-electron chi connectivity index (χ0n) is 13.9. The van der Waals surface area contributed by atoms with E-state index in [2.05, 4.69) is 6.07 Å². The second kappa shape index (κ2) is 8.02. The molecule has 124 valence electrons. The Bertz CT molecular complexity index is 747. The minimum absolute atomic E-state index is 0.0749. The first kappa shape index (κ1) is 17.4. The zero-order valence-corrected chi connectivity index (χ0v) is 13.9. The summed E-state index contributed by atoms with van der Waals surface area (Å²) in [5.74, 6) is 1.14. The molecule has 24 heavy (non-hydrogen) atoms. The van der Waals surface area contributed by atoms with Crippen LogP contribution >= 0.6 is 0 Å². The van der Waals surface area contributed by atoms with Crippen LogP contribution in [0, 0.1) is 11.3 Å². The molecule has 1 atom stereocenters. The third kappa shape index (κ3) is 3.85. The number of ether oxygens (including phenoxy) is 3. The molecule has 0 aliphatic rings. The summed E-state index contributed by atoms with van der Waals surface area (Å²) in [6, 6.07) is 14.2. The summed E-state index contributed by atoms with van der Waals surface area (Å²) in [6.07, 6.45) is 0.0749. The van der Waals surface area contributed by atoms with E-state index < -0.39 is 5.92 Å². The summed E-state index contributed by atoms with van der Waals surface area (Å²) >= 11 is 0. The van der Waals surface area contributed by atoms with Crippen molar-refractivity contribution in [3.05, 3.63) is 53.6 Å². The van der Waals surface area contributed by atoms with Crippen molar-refractivity contribution in [3.63, 3.8) is 0 Å². The topological polar surface area (TPSA) is 68.6 Å². The molecular weight excluding hydrogens is 306 g/mol. The van der Waals surface area contributed by atoms with Crippen molar-refractivity contribution in [3.8, 4) is 23.3 Å². The fraction of sp³-hybridized carbons (Fsp3) is 0.263. The maximum Gasteiger partial charge on any atom is 0.164 e. The highest BCUT2D eigenvalue weighted by Gasteiger charge is 2.21. The van der Waals surface area contributed by atoms with Crippen LogP contribution < -0.4 is 14.2 Å². The number of hydrogen-bond donors (Lipinski definition) is 0. The van der Waals surface area contributed by atoms with Gasteiger partial charge in [-0.15, -0.1) is 0 Å². The maximum absolute atomic E-state index is 12.5. The number of methoxy groups -OCH3 is 3. The van der Waals surface area contributed by atoms with Crippen molar-refractivity contribution in [1.82, 2.24) is 0 Å². The Labute approximate surface area is 141 Å². The number of Topliss-reactive ketones (excluding diaryl/α,β-unsaturated/α-hetero) is 1. The quantitative estimate of drug-likeness (QED) is 0.728. The average Bonchev–Trinajstić information content (AvgIpc) is 2.65. The van der Waals surface area contributed by atoms with Gasteiger partial charge in [0.1, 0.15) is 17.2 Å². The first-order valence-corrected chi connectivity index (χ1v) is 7.41. The van der Waals surface area contributed by atoms with Gasteiger partial charge in [-0.05, 0) is 30.3 Å². The molecule has 2 rings (SSSR count). The summed E-state index contributed by atoms with van der Waals surface area (Å²) in [6.45, 7) is 0. The normalized spacial score (nSPS) is 11.2. The monoisotopic (exact) mass is 325 g/mol. The lowest BCUT2D eigenvalue weighted by molar-refractivity contribution is 0.0979. The number of nitrogens with zero attached hydrogens (tertiary/aromatic N) is 1. The first-order valence-electron chi connectivity index (χ1n) is 7.41. The fourth-order valence-corrected chi connectivity index (χ4v) is 2.41. The van der Waals surface area contributed by atoms with Crippen molar-refractivity contribution in [2.75, 3.05) is 21.3 Å². The van der Waals surface area contributed by atoms with Gasteiger partial charge in [0.25, 0.3) is 0 Å². The molecular formula is C19H19NO4. The third-order valence-electron chi connectivity index (χ3n) is 3.77. The molecule has 2 aromatic carbocycles. The van der Waals surface area contributed by atoms with Crippen LogP contribution in [0.4, 0.5) is 0 Å². The molecule has 5 heteroatoms. The van der Waals surface area contributed by atoms with E-state index in [9.17, 15) is 10.1 Å². The molecule has 2 aromatic rings. The van der Waals surface area contributed by atoms with E-state index in [1.54, 1.807) is 56.7 Å². The molecule has 0 aromatic heterocycles. The van der Waals surface area contributed by atoms with Crippen LogP contribution in [-0.2, 0) is 0 Å². The van der Waals surface area contributed by atoms with Crippen molar-refractivity contribution in [2.45, 2.75) is 12.3 Å². The largest absolute Gasteiger partial charge is 0.497 e. The Morgan fingerprint density at radius 3 is 2.17 bits per heavy atom. The summed E-state index contributed by atoms with van der Waals surface area (Å²) in [5.41, 5.74) is 1.21. The third-order valence-corrected chi connectivity index (χ3v) is 3.77. The molecule has 5 nitrogen and oxygen atoms in total. The van der Waals surface area contributed by atoms with Gasteiger partial charge in [0.2, 0.25) is 0 Å². The van der Waals surface area contributed by atoms with Gasteiger partial charge < -0.3 is 14.2 Å². The van der Waals surface area contributed by atoms with Crippen LogP contribution in [0.1, 0.15) is 28.3 Å². The summed E-state index contributed by atoms with van der Waals surface area (Å²) in [5, 5.41) is 9.49. The molecule has 0 heterocycles. The molecule has 0 saturated carbocycles. The van der Waals surface area contributed by atoms with Gasteiger partial charge in [-0.3, -0.25) is 4.79 Å². The van der Waals surface area contributed by atoms with Crippen molar-refractivity contribution < 1.29 is 19.0 Å². The Morgan fingerprint density at radius 2 is 1.62 bits per heavy atom. The summed E-state index contributed by atoms with van der Waals surface area (Å²) < 4.78 is 15.6. The number of hydrogen-bond acceptors (Lipinski definition) is 5. The SMILES string of the molecule is COc1ccc(C(=O)C[C@H](C#N)c2ccc(OC)cc2OC)cc1. The molecule has 0 bridgehead atoms. The molecule has 0 radical (unpaired) electrons. The van der Waals surface area contributed by atoms with Crippen LogP contribution in [0.5, 0.6) is 17.2 Å². The molecule has 0 aliphatic heterocycles. The Kier molecular flexibility index (Phi) is 5.80. The Balaban J connectivity index is 2.22. The van der Waals surface area contributed by atoms with Gasteiger partial charge in [0.15, 0.2) is 5.78 Å². The van der Waals surface area contributed by atoms with E-state index in [1.807, 2.05) is 0 Å². The lowest BCUT2D eigenvalue weighted by atomic mass is 9.92. The van der Waals surface area contributed by atoms with Gasteiger partial charge in [0.05, 0.1) is 33.3 Å². The number of ketones is 1. The van der Waals surface area contributed by atoms with Gasteiger partial charge in [-0.2, -0.15) is 5.26 Å². The van der Waals surface area contributed by atoms with Crippen LogP contribution in [0.3, 0.4) is 0 Å². The summed E-state index contributed by atoms with van der Waals surface area (Å²) in [7, 11) is 4.65. The fourth-order valence-electron chi connectivity index (χ4n) is 2.41. The maximum atomic E-state index is 12.5. The van der Waals surface area contributed by atoms with Gasteiger partial charge in [-0.25, -0.2) is 0 Å². The predicted octanol–water partition coefficient (Wildman–Crippen LogP) is 3.59. The Morgan fingerprint density at radius 1 is 1.00 bits per heavy atom. The predicted molar refractivity (Wildman–Crippen MR) is 89.8 cm³/mol. The molecule has 0 saturated heterocycles. The van der Waals surface area contributed by atoms with E-state index in [0.29, 0.717) is 28.4 Å². The van der Waals surface area contributed by atoms with E-state index in [4.69, 9.17) is 14.2 Å². The minimum atomic E-state index is -0.597. The van der Waals surface area contributed by atoms with Crippen LogP contribution in [0.2, 0.25) is 0 Å². The van der Waals surface area contributed by atoms with E-state index in [0.717, 1.165) is 0 Å².